The first-order chi connectivity index (χ1) is 13.1. The molecule has 4 rings (SSSR count). The van der Waals surface area contributed by atoms with Crippen molar-refractivity contribution in [1.29, 1.82) is 0 Å². The molecular formula is C20H27N3O4. The van der Waals surface area contributed by atoms with Gasteiger partial charge in [0.2, 0.25) is 5.91 Å². The lowest BCUT2D eigenvalue weighted by Gasteiger charge is -2.39. The third-order valence-corrected chi connectivity index (χ3v) is 6.08. The highest BCUT2D eigenvalue weighted by atomic mass is 16.6. The van der Waals surface area contributed by atoms with Gasteiger partial charge in [-0.3, -0.25) is 4.79 Å². The molecule has 27 heavy (non-hydrogen) atoms. The molecule has 0 unspecified atom stereocenters. The van der Waals surface area contributed by atoms with Crippen LogP contribution in [0.25, 0.3) is 0 Å². The molecule has 3 atom stereocenters. The number of nitrogens with two attached hydrogens (primary N) is 1. The first-order valence-electron chi connectivity index (χ1n) is 9.71. The zero-order valence-corrected chi connectivity index (χ0v) is 15.5. The van der Waals surface area contributed by atoms with Gasteiger partial charge in [0.1, 0.15) is 6.61 Å². The van der Waals surface area contributed by atoms with Crippen LogP contribution >= 0.6 is 0 Å². The van der Waals surface area contributed by atoms with Crippen molar-refractivity contribution < 1.29 is 19.1 Å². The molecule has 2 amide bonds. The van der Waals surface area contributed by atoms with Gasteiger partial charge in [-0.15, -0.1) is 0 Å². The van der Waals surface area contributed by atoms with Crippen LogP contribution in [-0.4, -0.2) is 66.7 Å². The number of hydrogen-bond acceptors (Lipinski definition) is 5. The van der Waals surface area contributed by atoms with Crippen LogP contribution in [0.15, 0.2) is 30.3 Å². The molecule has 2 aliphatic heterocycles. The summed E-state index contributed by atoms with van der Waals surface area (Å²) in [5.74, 6) is 0.148. The van der Waals surface area contributed by atoms with E-state index in [4.69, 9.17) is 15.2 Å². The van der Waals surface area contributed by atoms with Crippen LogP contribution in [0, 0.1) is 5.41 Å². The van der Waals surface area contributed by atoms with Crippen molar-refractivity contribution in [3.05, 3.63) is 35.9 Å². The molecule has 1 saturated carbocycles. The van der Waals surface area contributed by atoms with Crippen molar-refractivity contribution in [3.8, 4) is 0 Å². The summed E-state index contributed by atoms with van der Waals surface area (Å²) in [5, 5.41) is 0. The highest BCUT2D eigenvalue weighted by Gasteiger charge is 2.56. The molecule has 146 valence electrons. The summed E-state index contributed by atoms with van der Waals surface area (Å²) in [7, 11) is 0. The lowest BCUT2D eigenvalue weighted by Crippen LogP contribution is -2.55. The Labute approximate surface area is 159 Å². The van der Waals surface area contributed by atoms with Crippen LogP contribution in [0.1, 0.15) is 24.8 Å². The number of fused-ring (bicyclic) bond motifs is 1. The van der Waals surface area contributed by atoms with E-state index in [9.17, 15) is 9.59 Å². The molecule has 3 fully saturated rings. The predicted molar refractivity (Wildman–Crippen MR) is 98.8 cm³/mol. The summed E-state index contributed by atoms with van der Waals surface area (Å²) in [6.45, 7) is 2.94. The number of benzene rings is 1. The molecular weight excluding hydrogens is 346 g/mol. The number of carbonyl (C=O) groups excluding carboxylic acids is 2. The van der Waals surface area contributed by atoms with E-state index in [-0.39, 0.29) is 30.8 Å². The third kappa shape index (κ3) is 3.53. The van der Waals surface area contributed by atoms with Crippen molar-refractivity contribution in [2.45, 2.75) is 38.0 Å². The van der Waals surface area contributed by atoms with Crippen molar-refractivity contribution in [1.82, 2.24) is 9.80 Å². The van der Waals surface area contributed by atoms with Crippen LogP contribution in [0.5, 0.6) is 0 Å². The summed E-state index contributed by atoms with van der Waals surface area (Å²) in [6, 6.07) is 9.65. The fraction of sp³-hybridized carbons (Fsp3) is 0.600. The normalized spacial score (nSPS) is 30.3. The van der Waals surface area contributed by atoms with Crippen LogP contribution in [0.3, 0.4) is 0 Å². The summed E-state index contributed by atoms with van der Waals surface area (Å²) in [6.07, 6.45) is 1.85. The Bertz CT molecular complexity index is 690. The van der Waals surface area contributed by atoms with E-state index >= 15 is 0 Å². The second kappa shape index (κ2) is 7.48. The van der Waals surface area contributed by atoms with E-state index in [1.54, 1.807) is 4.90 Å². The number of piperazine rings is 1. The van der Waals surface area contributed by atoms with Crippen molar-refractivity contribution in [2.75, 3.05) is 32.8 Å². The maximum atomic E-state index is 13.2. The number of rotatable bonds is 3. The number of nitrogens with zero attached hydrogens (tertiary/aromatic N) is 2. The Balaban J connectivity index is 1.30. The number of carbonyl (C=O) groups is 2. The van der Waals surface area contributed by atoms with Crippen LogP contribution < -0.4 is 5.73 Å². The van der Waals surface area contributed by atoms with Gasteiger partial charge >= 0.3 is 6.09 Å². The summed E-state index contributed by atoms with van der Waals surface area (Å²) >= 11 is 0. The molecule has 0 aromatic heterocycles. The second-order valence-electron chi connectivity index (χ2n) is 7.78. The maximum Gasteiger partial charge on any atom is 0.410 e. The fourth-order valence-corrected chi connectivity index (χ4v) is 4.61. The Morgan fingerprint density at radius 3 is 2.59 bits per heavy atom. The van der Waals surface area contributed by atoms with Gasteiger partial charge in [0.05, 0.1) is 11.5 Å². The Kier molecular flexibility index (Phi) is 5.06. The highest BCUT2D eigenvalue weighted by molar-refractivity contribution is 5.84. The first kappa shape index (κ1) is 18.3. The standard InChI is InChI=1S/C20H27N3O4/c21-16-12-17-20(13-16,6-11-26-17)18(24)22-7-9-23(10-8-22)19(25)27-14-15-4-2-1-3-5-15/h1-5,16-17H,6-14,21H2/t16-,17-,20-/m1/s1. The van der Waals surface area contributed by atoms with Crippen LogP contribution in [0.4, 0.5) is 4.79 Å². The molecule has 0 spiro atoms. The first-order valence-corrected chi connectivity index (χ1v) is 9.71. The van der Waals surface area contributed by atoms with Crippen LogP contribution in [0.2, 0.25) is 0 Å². The molecule has 1 aliphatic carbocycles. The van der Waals surface area contributed by atoms with Gasteiger partial charge in [-0.05, 0) is 24.8 Å². The molecule has 3 aliphatic rings. The average Bonchev–Trinajstić information content (AvgIpc) is 3.23. The monoisotopic (exact) mass is 373 g/mol. The Morgan fingerprint density at radius 1 is 1.15 bits per heavy atom. The van der Waals surface area contributed by atoms with Gasteiger partial charge in [0.25, 0.3) is 0 Å². The predicted octanol–water partition coefficient (Wildman–Crippen LogP) is 1.36. The fourth-order valence-electron chi connectivity index (χ4n) is 4.61. The number of amides is 2. The summed E-state index contributed by atoms with van der Waals surface area (Å²) in [5.41, 5.74) is 6.61. The van der Waals surface area contributed by atoms with E-state index < -0.39 is 5.41 Å². The van der Waals surface area contributed by atoms with E-state index in [0.29, 0.717) is 39.2 Å². The quantitative estimate of drug-likeness (QED) is 0.865. The molecule has 1 aromatic carbocycles. The van der Waals surface area contributed by atoms with Gasteiger partial charge in [0, 0.05) is 38.8 Å². The molecule has 2 N–H and O–H groups in total. The lowest BCUT2D eigenvalue weighted by atomic mass is 9.81. The Hall–Kier alpha value is -2.12. The van der Waals surface area contributed by atoms with E-state index in [0.717, 1.165) is 18.4 Å². The van der Waals surface area contributed by atoms with E-state index in [2.05, 4.69) is 0 Å². The molecule has 0 bridgehead atoms. The molecule has 7 nitrogen and oxygen atoms in total. The summed E-state index contributed by atoms with van der Waals surface area (Å²) < 4.78 is 11.2. The van der Waals surface area contributed by atoms with Crippen molar-refractivity contribution >= 4 is 12.0 Å². The smallest absolute Gasteiger partial charge is 0.410 e. The minimum Gasteiger partial charge on any atom is -0.445 e. The highest BCUT2D eigenvalue weighted by Crippen LogP contribution is 2.48. The number of ether oxygens (including phenoxy) is 2. The van der Waals surface area contributed by atoms with Crippen molar-refractivity contribution in [3.63, 3.8) is 0 Å². The summed E-state index contributed by atoms with van der Waals surface area (Å²) in [4.78, 5) is 29.0. The molecule has 7 heteroatoms. The SMILES string of the molecule is N[C@@H]1C[C@H]2OCC[C@@]2(C(=O)N2CCN(C(=O)OCc3ccccc3)CC2)C1. The molecule has 0 radical (unpaired) electrons. The number of hydrogen-bond donors (Lipinski definition) is 1. The van der Waals surface area contributed by atoms with Crippen molar-refractivity contribution in [2.24, 2.45) is 11.1 Å². The largest absolute Gasteiger partial charge is 0.445 e. The molecule has 1 aromatic rings. The maximum absolute atomic E-state index is 13.2. The van der Waals surface area contributed by atoms with Gasteiger partial charge in [-0.1, -0.05) is 30.3 Å². The third-order valence-electron chi connectivity index (χ3n) is 6.08. The lowest BCUT2D eigenvalue weighted by molar-refractivity contribution is -0.145. The molecule has 2 heterocycles. The van der Waals surface area contributed by atoms with E-state index in [1.165, 1.54) is 0 Å². The zero-order chi connectivity index (χ0) is 18.9. The van der Waals surface area contributed by atoms with Gasteiger partial charge in [-0.25, -0.2) is 4.79 Å². The van der Waals surface area contributed by atoms with Gasteiger partial charge in [0.15, 0.2) is 0 Å². The van der Waals surface area contributed by atoms with E-state index in [1.807, 2.05) is 35.2 Å². The topological polar surface area (TPSA) is 85.1 Å². The van der Waals surface area contributed by atoms with Crippen LogP contribution in [-0.2, 0) is 20.9 Å². The van der Waals surface area contributed by atoms with Gasteiger partial charge in [-0.2, -0.15) is 0 Å². The zero-order valence-electron chi connectivity index (χ0n) is 15.5. The molecule has 2 saturated heterocycles. The minimum atomic E-state index is -0.449. The average molecular weight is 373 g/mol. The second-order valence-corrected chi connectivity index (χ2v) is 7.78. The Morgan fingerprint density at radius 2 is 1.85 bits per heavy atom. The minimum absolute atomic E-state index is 0.0357. The van der Waals surface area contributed by atoms with Gasteiger partial charge < -0.3 is 25.0 Å².